The average molecular weight is 286 g/mol. The van der Waals surface area contributed by atoms with E-state index in [1.165, 1.54) is 17.4 Å². The van der Waals surface area contributed by atoms with Crippen LogP contribution in [0.15, 0.2) is 30.5 Å². The maximum absolute atomic E-state index is 10.8. The maximum atomic E-state index is 10.8. The molecule has 0 aliphatic carbocycles. The Hall–Kier alpha value is -2.37. The highest BCUT2D eigenvalue weighted by Gasteiger charge is 2.21. The van der Waals surface area contributed by atoms with Crippen molar-refractivity contribution in [2.75, 3.05) is 18.0 Å². The number of fused-ring (bicyclic) bond motifs is 1. The van der Waals surface area contributed by atoms with Gasteiger partial charge < -0.3 is 10.0 Å². The molecule has 0 saturated carbocycles. The number of nitrogens with zero attached hydrogens (tertiary/aromatic N) is 4. The molecule has 0 amide bonds. The van der Waals surface area contributed by atoms with Gasteiger partial charge in [0.1, 0.15) is 0 Å². The van der Waals surface area contributed by atoms with Crippen LogP contribution in [0.4, 0.5) is 5.69 Å². The van der Waals surface area contributed by atoms with Gasteiger partial charge in [-0.05, 0) is 24.0 Å². The fraction of sp³-hybridized carbons (Fsp3) is 0.400. The van der Waals surface area contributed by atoms with Crippen LogP contribution in [-0.2, 0) is 13.0 Å². The number of aromatic nitrogens is 3. The first kappa shape index (κ1) is 13.6. The Labute approximate surface area is 123 Å². The van der Waals surface area contributed by atoms with E-state index in [4.69, 9.17) is 5.11 Å². The molecule has 1 unspecified atom stereocenters. The molecule has 110 valence electrons. The summed E-state index contributed by atoms with van der Waals surface area (Å²) in [5, 5.41) is 16.3. The first-order chi connectivity index (χ1) is 10.1. The third kappa shape index (κ3) is 2.89. The van der Waals surface area contributed by atoms with Crippen LogP contribution in [0.2, 0.25) is 0 Å². The van der Waals surface area contributed by atoms with Gasteiger partial charge in [-0.25, -0.2) is 9.48 Å². The van der Waals surface area contributed by atoms with Gasteiger partial charge in [-0.2, -0.15) is 0 Å². The topological polar surface area (TPSA) is 71.2 Å². The number of para-hydroxylation sites is 1. The van der Waals surface area contributed by atoms with Crippen molar-refractivity contribution >= 4 is 11.7 Å². The van der Waals surface area contributed by atoms with Crippen molar-refractivity contribution in [3.05, 3.63) is 41.7 Å². The molecule has 21 heavy (non-hydrogen) atoms. The maximum Gasteiger partial charge on any atom is 0.358 e. The van der Waals surface area contributed by atoms with E-state index in [0.717, 1.165) is 19.5 Å². The summed E-state index contributed by atoms with van der Waals surface area (Å²) in [6.45, 7) is 4.68. The summed E-state index contributed by atoms with van der Waals surface area (Å²) >= 11 is 0. The lowest BCUT2D eigenvalue weighted by Gasteiger charge is -2.34. The Kier molecular flexibility index (Phi) is 3.60. The molecule has 0 fully saturated rings. The number of rotatable bonds is 4. The molecule has 6 heteroatoms. The van der Waals surface area contributed by atoms with E-state index in [0.29, 0.717) is 12.5 Å². The highest BCUT2D eigenvalue weighted by atomic mass is 16.4. The van der Waals surface area contributed by atoms with Crippen molar-refractivity contribution in [3.63, 3.8) is 0 Å². The molecule has 1 atom stereocenters. The molecule has 6 nitrogen and oxygen atoms in total. The average Bonchev–Trinajstić information content (AvgIpc) is 2.93. The van der Waals surface area contributed by atoms with Crippen molar-refractivity contribution in [3.8, 4) is 0 Å². The molecule has 1 aromatic heterocycles. The van der Waals surface area contributed by atoms with Crippen LogP contribution in [0.3, 0.4) is 0 Å². The predicted octanol–water partition coefficient (Wildman–Crippen LogP) is 1.68. The summed E-state index contributed by atoms with van der Waals surface area (Å²) in [4.78, 5) is 13.1. The second-order valence-corrected chi connectivity index (χ2v) is 5.56. The summed E-state index contributed by atoms with van der Waals surface area (Å²) < 4.78 is 1.59. The van der Waals surface area contributed by atoms with E-state index < -0.39 is 5.97 Å². The number of aromatic carboxylic acids is 1. The molecule has 3 rings (SSSR count). The van der Waals surface area contributed by atoms with Crippen molar-refractivity contribution in [1.82, 2.24) is 15.0 Å². The number of carboxylic acids is 1. The molecule has 1 aliphatic rings. The molecule has 0 saturated heterocycles. The second kappa shape index (κ2) is 5.55. The van der Waals surface area contributed by atoms with Gasteiger partial charge in [0.15, 0.2) is 5.69 Å². The summed E-state index contributed by atoms with van der Waals surface area (Å²) in [5.74, 6) is -0.427. The van der Waals surface area contributed by atoms with Crippen LogP contribution in [0, 0.1) is 5.92 Å². The molecular formula is C15H18N4O2. The third-order valence-corrected chi connectivity index (χ3v) is 3.79. The lowest BCUT2D eigenvalue weighted by atomic mass is 9.94. The molecule has 0 spiro atoms. The quantitative estimate of drug-likeness (QED) is 0.925. The Morgan fingerprint density at radius 3 is 2.95 bits per heavy atom. The van der Waals surface area contributed by atoms with Crippen molar-refractivity contribution in [2.45, 2.75) is 19.9 Å². The van der Waals surface area contributed by atoms with Crippen LogP contribution < -0.4 is 4.90 Å². The molecule has 1 aliphatic heterocycles. The molecular weight excluding hydrogens is 268 g/mol. The first-order valence-corrected chi connectivity index (χ1v) is 7.10. The zero-order valence-electron chi connectivity index (χ0n) is 11.9. The fourth-order valence-corrected chi connectivity index (χ4v) is 2.85. The summed E-state index contributed by atoms with van der Waals surface area (Å²) in [5.41, 5.74) is 2.64. The van der Waals surface area contributed by atoms with Gasteiger partial charge in [0.05, 0.1) is 12.7 Å². The standard InChI is InChI=1S/C15H18N4O2/c1-11-8-12-4-2-3-5-14(12)18(9-11)6-7-19-10-13(15(20)21)16-17-19/h2-5,10-11H,6-9H2,1H3,(H,20,21). The molecule has 2 aromatic rings. The number of hydrogen-bond acceptors (Lipinski definition) is 4. The molecule has 2 heterocycles. The van der Waals surface area contributed by atoms with Crippen molar-refractivity contribution in [2.24, 2.45) is 5.92 Å². The van der Waals surface area contributed by atoms with Gasteiger partial charge in [0.2, 0.25) is 0 Å². The van der Waals surface area contributed by atoms with Crippen LogP contribution in [0.25, 0.3) is 0 Å². The lowest BCUT2D eigenvalue weighted by molar-refractivity contribution is 0.0690. The Morgan fingerprint density at radius 1 is 1.38 bits per heavy atom. The molecule has 0 radical (unpaired) electrons. The van der Waals surface area contributed by atoms with Gasteiger partial charge >= 0.3 is 5.97 Å². The normalized spacial score (nSPS) is 17.6. The highest BCUT2D eigenvalue weighted by Crippen LogP contribution is 2.29. The van der Waals surface area contributed by atoms with E-state index in [1.54, 1.807) is 4.68 Å². The SMILES string of the molecule is CC1Cc2ccccc2N(CCn2cc(C(=O)O)nn2)C1. The Balaban J connectivity index is 1.71. The van der Waals surface area contributed by atoms with Crippen LogP contribution in [0.5, 0.6) is 0 Å². The van der Waals surface area contributed by atoms with E-state index >= 15 is 0 Å². The number of carboxylic acid groups (broad SMARTS) is 1. The zero-order valence-corrected chi connectivity index (χ0v) is 11.9. The molecule has 1 N–H and O–H groups in total. The first-order valence-electron chi connectivity index (χ1n) is 7.10. The number of carbonyl (C=O) groups is 1. The second-order valence-electron chi connectivity index (χ2n) is 5.56. The molecule has 1 aromatic carbocycles. The van der Waals surface area contributed by atoms with E-state index in [9.17, 15) is 4.79 Å². The summed E-state index contributed by atoms with van der Waals surface area (Å²) in [6, 6.07) is 8.45. The monoisotopic (exact) mass is 286 g/mol. The molecule has 0 bridgehead atoms. The van der Waals surface area contributed by atoms with E-state index in [2.05, 4.69) is 46.4 Å². The largest absolute Gasteiger partial charge is 0.476 e. The Morgan fingerprint density at radius 2 is 2.19 bits per heavy atom. The van der Waals surface area contributed by atoms with Crippen LogP contribution >= 0.6 is 0 Å². The summed E-state index contributed by atoms with van der Waals surface area (Å²) in [6.07, 6.45) is 2.58. The van der Waals surface area contributed by atoms with E-state index in [1.807, 2.05) is 0 Å². The fourth-order valence-electron chi connectivity index (χ4n) is 2.85. The minimum absolute atomic E-state index is 0.0117. The summed E-state index contributed by atoms with van der Waals surface area (Å²) in [7, 11) is 0. The number of anilines is 1. The van der Waals surface area contributed by atoms with Gasteiger partial charge in [-0.1, -0.05) is 30.3 Å². The number of hydrogen-bond donors (Lipinski definition) is 1. The minimum atomic E-state index is -1.04. The van der Waals surface area contributed by atoms with Gasteiger partial charge in [0.25, 0.3) is 0 Å². The van der Waals surface area contributed by atoms with Crippen LogP contribution in [-0.4, -0.2) is 39.2 Å². The number of benzene rings is 1. The van der Waals surface area contributed by atoms with Gasteiger partial charge in [0, 0.05) is 18.8 Å². The Bertz CT molecular complexity index is 653. The van der Waals surface area contributed by atoms with Crippen molar-refractivity contribution in [1.29, 1.82) is 0 Å². The van der Waals surface area contributed by atoms with Gasteiger partial charge in [-0.15, -0.1) is 5.10 Å². The smallest absolute Gasteiger partial charge is 0.358 e. The van der Waals surface area contributed by atoms with Crippen LogP contribution in [0.1, 0.15) is 23.0 Å². The van der Waals surface area contributed by atoms with Crippen molar-refractivity contribution < 1.29 is 9.90 Å². The minimum Gasteiger partial charge on any atom is -0.476 e. The highest BCUT2D eigenvalue weighted by molar-refractivity contribution is 5.84. The lowest BCUT2D eigenvalue weighted by Crippen LogP contribution is -2.36. The van der Waals surface area contributed by atoms with Gasteiger partial charge in [-0.3, -0.25) is 0 Å². The predicted molar refractivity (Wildman–Crippen MR) is 78.5 cm³/mol. The third-order valence-electron chi connectivity index (χ3n) is 3.79. The van der Waals surface area contributed by atoms with E-state index in [-0.39, 0.29) is 5.69 Å². The zero-order chi connectivity index (χ0) is 14.8.